The number of fused-ring (bicyclic) bond motifs is 1. The van der Waals surface area contributed by atoms with Gasteiger partial charge in [-0.05, 0) is 36.8 Å². The van der Waals surface area contributed by atoms with E-state index in [9.17, 15) is 0 Å². The molecular weight excluding hydrogens is 292 g/mol. The van der Waals surface area contributed by atoms with Crippen LogP contribution >= 0.6 is 15.9 Å². The lowest BCUT2D eigenvalue weighted by Crippen LogP contribution is -1.84. The molecule has 0 unspecified atom stereocenters. The molecule has 0 aliphatic heterocycles. The highest BCUT2D eigenvalue weighted by atomic mass is 79.9. The van der Waals surface area contributed by atoms with Crippen molar-refractivity contribution in [3.05, 3.63) is 46.4 Å². The maximum Gasteiger partial charge on any atom is 0.227 e. The van der Waals surface area contributed by atoms with Crippen molar-refractivity contribution in [3.8, 4) is 11.5 Å². The van der Waals surface area contributed by atoms with Crippen molar-refractivity contribution in [2.24, 2.45) is 0 Å². The van der Waals surface area contributed by atoms with Gasteiger partial charge >= 0.3 is 0 Å². The third kappa shape index (κ3) is 1.78. The molecule has 0 radical (unpaired) electrons. The number of benzene rings is 2. The molecule has 3 rings (SSSR count). The maximum atomic E-state index is 5.76. The van der Waals surface area contributed by atoms with E-state index in [1.165, 1.54) is 0 Å². The van der Waals surface area contributed by atoms with Crippen LogP contribution < -0.4 is 5.73 Å². The number of aromatic nitrogens is 1. The van der Waals surface area contributed by atoms with Crippen LogP contribution in [0.3, 0.4) is 0 Å². The molecule has 0 saturated heterocycles. The fourth-order valence-electron chi connectivity index (χ4n) is 1.90. The molecule has 3 nitrogen and oxygen atoms in total. The number of rotatable bonds is 1. The molecule has 18 heavy (non-hydrogen) atoms. The molecule has 1 heterocycles. The van der Waals surface area contributed by atoms with E-state index in [-0.39, 0.29) is 0 Å². The van der Waals surface area contributed by atoms with Gasteiger partial charge in [-0.3, -0.25) is 0 Å². The van der Waals surface area contributed by atoms with Crippen molar-refractivity contribution in [3.63, 3.8) is 0 Å². The Kier molecular flexibility index (Phi) is 2.59. The summed E-state index contributed by atoms with van der Waals surface area (Å²) in [4.78, 5) is 4.48. The zero-order chi connectivity index (χ0) is 12.7. The SMILES string of the molecule is Cc1c(Br)cccc1-c1nc2ccc(N)cc2o1. The topological polar surface area (TPSA) is 52.0 Å². The van der Waals surface area contributed by atoms with E-state index < -0.39 is 0 Å². The molecule has 0 spiro atoms. The molecular formula is C14H11BrN2O. The van der Waals surface area contributed by atoms with Gasteiger partial charge in [0.2, 0.25) is 5.89 Å². The average Bonchev–Trinajstić information content (AvgIpc) is 2.75. The molecule has 4 heteroatoms. The van der Waals surface area contributed by atoms with Crippen LogP contribution in [0, 0.1) is 6.92 Å². The number of nitrogens with two attached hydrogens (primary N) is 1. The summed E-state index contributed by atoms with van der Waals surface area (Å²) < 4.78 is 6.80. The van der Waals surface area contributed by atoms with Gasteiger partial charge in [0.25, 0.3) is 0 Å². The minimum atomic E-state index is 0.620. The number of nitrogen functional groups attached to an aromatic ring is 1. The van der Waals surface area contributed by atoms with Crippen molar-refractivity contribution < 1.29 is 4.42 Å². The summed E-state index contributed by atoms with van der Waals surface area (Å²) in [5.74, 6) is 0.620. The second kappa shape index (κ2) is 4.14. The van der Waals surface area contributed by atoms with E-state index in [2.05, 4.69) is 20.9 Å². The Bertz CT molecular complexity index is 734. The zero-order valence-electron chi connectivity index (χ0n) is 9.77. The molecule has 0 aliphatic rings. The van der Waals surface area contributed by atoms with Crippen LogP contribution in [0.5, 0.6) is 0 Å². The van der Waals surface area contributed by atoms with Gasteiger partial charge in [-0.25, -0.2) is 4.98 Å². The normalized spacial score (nSPS) is 11.0. The second-order valence-electron chi connectivity index (χ2n) is 4.16. The van der Waals surface area contributed by atoms with Gasteiger partial charge in [-0.15, -0.1) is 0 Å². The predicted molar refractivity (Wildman–Crippen MR) is 76.3 cm³/mol. The first-order valence-corrected chi connectivity index (χ1v) is 6.36. The number of nitrogens with zero attached hydrogens (tertiary/aromatic N) is 1. The van der Waals surface area contributed by atoms with Crippen LogP contribution in [0.15, 0.2) is 45.3 Å². The van der Waals surface area contributed by atoms with Gasteiger partial charge < -0.3 is 10.2 Å². The first-order valence-electron chi connectivity index (χ1n) is 5.57. The Labute approximate surface area is 113 Å². The number of hydrogen-bond donors (Lipinski definition) is 1. The standard InChI is InChI=1S/C14H11BrN2O/c1-8-10(3-2-4-11(8)15)14-17-12-6-5-9(16)7-13(12)18-14/h2-7H,16H2,1H3. The van der Waals surface area contributed by atoms with Crippen LogP contribution in [0.4, 0.5) is 5.69 Å². The second-order valence-corrected chi connectivity index (χ2v) is 5.01. The number of anilines is 1. The molecule has 0 saturated carbocycles. The summed E-state index contributed by atoms with van der Waals surface area (Å²) in [5.41, 5.74) is 10.0. The first kappa shape index (κ1) is 11.3. The highest BCUT2D eigenvalue weighted by Gasteiger charge is 2.11. The van der Waals surface area contributed by atoms with E-state index in [4.69, 9.17) is 10.2 Å². The average molecular weight is 303 g/mol. The highest BCUT2D eigenvalue weighted by molar-refractivity contribution is 9.10. The Morgan fingerprint density at radius 2 is 2.06 bits per heavy atom. The van der Waals surface area contributed by atoms with Crippen molar-refractivity contribution in [1.29, 1.82) is 0 Å². The van der Waals surface area contributed by atoms with Gasteiger partial charge in [0, 0.05) is 21.8 Å². The molecule has 0 atom stereocenters. The van der Waals surface area contributed by atoms with Crippen LogP contribution in [0.1, 0.15) is 5.56 Å². The Hall–Kier alpha value is -1.81. The van der Waals surface area contributed by atoms with Crippen LogP contribution in [0.25, 0.3) is 22.6 Å². The van der Waals surface area contributed by atoms with Crippen molar-refractivity contribution in [2.45, 2.75) is 6.92 Å². The summed E-state index contributed by atoms with van der Waals surface area (Å²) in [6, 6.07) is 11.4. The van der Waals surface area contributed by atoms with Gasteiger partial charge in [0.1, 0.15) is 5.52 Å². The van der Waals surface area contributed by atoms with Crippen molar-refractivity contribution in [1.82, 2.24) is 4.98 Å². The lowest BCUT2D eigenvalue weighted by molar-refractivity contribution is 0.619. The first-order chi connectivity index (χ1) is 8.65. The molecule has 0 aliphatic carbocycles. The summed E-state index contributed by atoms with van der Waals surface area (Å²) in [6.45, 7) is 2.03. The lowest BCUT2D eigenvalue weighted by Gasteiger charge is -2.02. The molecule has 0 bridgehead atoms. The fourth-order valence-corrected chi connectivity index (χ4v) is 2.26. The number of hydrogen-bond acceptors (Lipinski definition) is 3. The number of halogens is 1. The largest absolute Gasteiger partial charge is 0.436 e. The van der Waals surface area contributed by atoms with Gasteiger partial charge in [-0.2, -0.15) is 0 Å². The van der Waals surface area contributed by atoms with Crippen LogP contribution in [-0.2, 0) is 0 Å². The quantitative estimate of drug-likeness (QED) is 0.687. The molecule has 90 valence electrons. The maximum absolute atomic E-state index is 5.76. The smallest absolute Gasteiger partial charge is 0.227 e. The minimum absolute atomic E-state index is 0.620. The van der Waals surface area contributed by atoms with E-state index >= 15 is 0 Å². The zero-order valence-corrected chi connectivity index (χ0v) is 11.4. The summed E-state index contributed by atoms with van der Waals surface area (Å²) >= 11 is 3.51. The Morgan fingerprint density at radius 3 is 2.89 bits per heavy atom. The Balaban J connectivity index is 2.22. The van der Waals surface area contributed by atoms with E-state index in [1.807, 2.05) is 37.3 Å². The third-order valence-electron chi connectivity index (χ3n) is 2.91. The molecule has 2 N–H and O–H groups in total. The van der Waals surface area contributed by atoms with Gasteiger partial charge in [-0.1, -0.05) is 22.0 Å². The summed E-state index contributed by atoms with van der Waals surface area (Å²) in [7, 11) is 0. The number of oxazole rings is 1. The molecule has 3 aromatic rings. The minimum Gasteiger partial charge on any atom is -0.436 e. The summed E-state index contributed by atoms with van der Waals surface area (Å²) in [5, 5.41) is 0. The van der Waals surface area contributed by atoms with Crippen molar-refractivity contribution in [2.75, 3.05) is 5.73 Å². The van der Waals surface area contributed by atoms with Crippen LogP contribution in [0.2, 0.25) is 0 Å². The Morgan fingerprint density at radius 1 is 1.22 bits per heavy atom. The fraction of sp³-hybridized carbons (Fsp3) is 0.0714. The lowest BCUT2D eigenvalue weighted by atomic mass is 10.1. The molecule has 0 amide bonds. The molecule has 0 fully saturated rings. The van der Waals surface area contributed by atoms with E-state index in [0.29, 0.717) is 17.2 Å². The molecule has 1 aromatic heterocycles. The van der Waals surface area contributed by atoms with E-state index in [1.54, 1.807) is 6.07 Å². The van der Waals surface area contributed by atoms with Gasteiger partial charge in [0.05, 0.1) is 0 Å². The van der Waals surface area contributed by atoms with Crippen molar-refractivity contribution >= 4 is 32.7 Å². The monoisotopic (exact) mass is 302 g/mol. The molecule has 2 aromatic carbocycles. The highest BCUT2D eigenvalue weighted by Crippen LogP contribution is 2.30. The van der Waals surface area contributed by atoms with E-state index in [0.717, 1.165) is 21.1 Å². The third-order valence-corrected chi connectivity index (χ3v) is 3.77. The van der Waals surface area contributed by atoms with Crippen LogP contribution in [-0.4, -0.2) is 4.98 Å². The summed E-state index contributed by atoms with van der Waals surface area (Å²) in [6.07, 6.45) is 0. The predicted octanol–water partition coefficient (Wildman–Crippen LogP) is 4.15. The van der Waals surface area contributed by atoms with Gasteiger partial charge in [0.15, 0.2) is 5.58 Å².